The normalized spacial score (nSPS) is 47.5. The molecule has 5 heterocycles. The molecular weight excluding hydrogens is 520 g/mol. The largest absolute Gasteiger partial charge is 0.456 e. The molecule has 4 saturated heterocycles. The number of hydrogen-bond acceptors (Lipinski definition) is 10. The Morgan fingerprint density at radius 2 is 1.95 bits per heavy atom. The summed E-state index contributed by atoms with van der Waals surface area (Å²) < 4.78 is 30.3. The quantitative estimate of drug-likeness (QED) is 0.502. The van der Waals surface area contributed by atoms with Gasteiger partial charge in [-0.2, -0.15) is 0 Å². The van der Waals surface area contributed by atoms with Crippen LogP contribution in [0.15, 0.2) is 23.5 Å². The minimum absolute atomic E-state index is 0.0573. The van der Waals surface area contributed by atoms with E-state index in [4.69, 9.17) is 23.7 Å². The number of methoxy groups -OCH3 is 1. The second kappa shape index (κ2) is 8.80. The molecule has 1 N–H and O–H groups in total. The van der Waals surface area contributed by atoms with Crippen molar-refractivity contribution >= 4 is 23.5 Å². The number of esters is 2. The summed E-state index contributed by atoms with van der Waals surface area (Å²) in [5, 5.41) is 10.3. The Labute approximate surface area is 233 Å². The fourth-order valence-electron chi connectivity index (χ4n) is 8.77. The molecule has 0 aromatic carbocycles. The lowest BCUT2D eigenvalue weighted by Gasteiger charge is -2.43. The Kier molecular flexibility index (Phi) is 6.11. The topological polar surface area (TPSA) is 135 Å². The van der Waals surface area contributed by atoms with Gasteiger partial charge in [0.15, 0.2) is 5.78 Å². The monoisotopic (exact) mass is 558 g/mol. The number of fused-ring (bicyclic) bond motifs is 1. The maximum absolute atomic E-state index is 14.2. The number of ketones is 2. The molecule has 1 aliphatic carbocycles. The number of ether oxygens (including phenoxy) is 5. The zero-order valence-electron chi connectivity index (χ0n) is 23.7. The van der Waals surface area contributed by atoms with Gasteiger partial charge in [-0.3, -0.25) is 14.4 Å². The van der Waals surface area contributed by atoms with Crippen LogP contribution in [0.25, 0.3) is 0 Å². The SMILES string of the molecule is CO[C@]12CC[C@@](C)(C(=O)[C@@H](C)/C=C3/C=C(C)C(=O)O3)C[C@@]3(C[C@]45OC(=O)C[C@H]4O[C@@](C)(CO)[C@@H]5CC[C@H]3C1=O)O2. The molecule has 9 atom stereocenters. The average Bonchev–Trinajstić information content (AvgIpc) is 3.44. The van der Waals surface area contributed by atoms with Crippen molar-refractivity contribution in [2.24, 2.45) is 23.2 Å². The van der Waals surface area contributed by atoms with Crippen LogP contribution in [0.2, 0.25) is 0 Å². The zero-order chi connectivity index (χ0) is 28.9. The van der Waals surface area contributed by atoms with Crippen LogP contribution in [0.1, 0.15) is 72.6 Å². The highest BCUT2D eigenvalue weighted by molar-refractivity contribution is 5.94. The van der Waals surface area contributed by atoms with E-state index >= 15 is 0 Å². The van der Waals surface area contributed by atoms with Crippen LogP contribution in [0.4, 0.5) is 0 Å². The molecule has 5 fully saturated rings. The van der Waals surface area contributed by atoms with Gasteiger partial charge in [0.1, 0.15) is 23.2 Å². The lowest BCUT2D eigenvalue weighted by molar-refractivity contribution is -0.244. The molecule has 0 aromatic rings. The molecule has 5 aliphatic heterocycles. The van der Waals surface area contributed by atoms with Crippen LogP contribution in [-0.2, 0) is 42.9 Å². The van der Waals surface area contributed by atoms with E-state index in [9.17, 15) is 24.3 Å². The summed E-state index contributed by atoms with van der Waals surface area (Å²) in [5.74, 6) is -3.63. The van der Waals surface area contributed by atoms with Gasteiger partial charge in [0.2, 0.25) is 5.79 Å². The Hall–Kier alpha value is -2.40. The predicted octanol–water partition coefficient (Wildman–Crippen LogP) is 2.70. The van der Waals surface area contributed by atoms with Crippen molar-refractivity contribution in [2.45, 2.75) is 101 Å². The second-order valence-corrected chi connectivity index (χ2v) is 13.2. The standard InChI is InChI=1S/C30H38O10/c1-16(10-18-11-17(2)25(35)37-18)23(33)26(3)8-9-30(36-5)24(34)19-6-7-20-27(4,15-31)38-21-12-22(32)39-29(20,21)14-28(19,13-26)40-30/h10-11,16,19-21,31H,6-9,12-15H2,1-5H3/b18-10-/t16-,19-,20-,21+,26+,27-,28-,29+,30-/m0/s1. The molecule has 40 heavy (non-hydrogen) atoms. The molecule has 218 valence electrons. The van der Waals surface area contributed by atoms with Gasteiger partial charge >= 0.3 is 11.9 Å². The molecule has 0 amide bonds. The summed E-state index contributed by atoms with van der Waals surface area (Å²) in [7, 11) is 1.46. The van der Waals surface area contributed by atoms with Crippen molar-refractivity contribution in [3.05, 3.63) is 23.5 Å². The lowest BCUT2D eigenvalue weighted by atomic mass is 9.62. The van der Waals surface area contributed by atoms with Crippen molar-refractivity contribution in [1.82, 2.24) is 0 Å². The van der Waals surface area contributed by atoms with Crippen LogP contribution in [0.5, 0.6) is 0 Å². The van der Waals surface area contributed by atoms with Crippen LogP contribution in [0.3, 0.4) is 0 Å². The highest BCUT2D eigenvalue weighted by Gasteiger charge is 2.76. The lowest BCUT2D eigenvalue weighted by Crippen LogP contribution is -2.53. The first-order valence-corrected chi connectivity index (χ1v) is 14.2. The van der Waals surface area contributed by atoms with Crippen molar-refractivity contribution in [3.8, 4) is 0 Å². The smallest absolute Gasteiger partial charge is 0.339 e. The van der Waals surface area contributed by atoms with Gasteiger partial charge in [0.05, 0.1) is 30.1 Å². The van der Waals surface area contributed by atoms with Gasteiger partial charge in [-0.1, -0.05) is 13.8 Å². The van der Waals surface area contributed by atoms with E-state index in [0.717, 1.165) is 0 Å². The number of Topliss-reactive ketones (excluding diaryl/α,β-unsaturated/α-hetero) is 2. The number of aliphatic hydroxyl groups is 1. The fourth-order valence-corrected chi connectivity index (χ4v) is 8.77. The van der Waals surface area contributed by atoms with E-state index in [1.807, 2.05) is 13.8 Å². The molecule has 2 bridgehead atoms. The number of carbonyl (C=O) groups excluding carboxylic acids is 4. The van der Waals surface area contributed by atoms with Crippen molar-refractivity contribution in [3.63, 3.8) is 0 Å². The zero-order valence-corrected chi connectivity index (χ0v) is 23.7. The highest BCUT2D eigenvalue weighted by atomic mass is 16.7. The third-order valence-corrected chi connectivity index (χ3v) is 10.6. The highest BCUT2D eigenvalue weighted by Crippen LogP contribution is 2.65. The predicted molar refractivity (Wildman–Crippen MR) is 137 cm³/mol. The first-order valence-electron chi connectivity index (χ1n) is 14.2. The maximum atomic E-state index is 14.2. The van der Waals surface area contributed by atoms with E-state index in [2.05, 4.69) is 0 Å². The summed E-state index contributed by atoms with van der Waals surface area (Å²) in [5.41, 5.74) is -3.60. The first-order chi connectivity index (χ1) is 18.8. The molecular formula is C30H38O10. The first kappa shape index (κ1) is 27.8. The summed E-state index contributed by atoms with van der Waals surface area (Å²) in [6.45, 7) is 6.92. The number of cyclic esters (lactones) is 1. The van der Waals surface area contributed by atoms with E-state index in [1.54, 1.807) is 26.0 Å². The molecule has 6 rings (SSSR count). The molecule has 0 radical (unpaired) electrons. The molecule has 0 unspecified atom stereocenters. The number of hydrogen-bond donors (Lipinski definition) is 1. The van der Waals surface area contributed by atoms with Gasteiger partial charge in [-0.05, 0) is 51.7 Å². The van der Waals surface area contributed by atoms with Gasteiger partial charge in [0, 0.05) is 42.8 Å². The van der Waals surface area contributed by atoms with Crippen LogP contribution in [-0.4, -0.2) is 71.0 Å². The number of carbonyl (C=O) groups is 4. The average molecular weight is 559 g/mol. The summed E-state index contributed by atoms with van der Waals surface area (Å²) >= 11 is 0. The van der Waals surface area contributed by atoms with Crippen molar-refractivity contribution < 1.29 is 48.0 Å². The van der Waals surface area contributed by atoms with Gasteiger partial charge in [0.25, 0.3) is 0 Å². The van der Waals surface area contributed by atoms with Crippen LogP contribution < -0.4 is 0 Å². The Morgan fingerprint density at radius 3 is 2.60 bits per heavy atom. The molecule has 2 spiro atoms. The van der Waals surface area contributed by atoms with Gasteiger partial charge in [-0.15, -0.1) is 0 Å². The van der Waals surface area contributed by atoms with Crippen molar-refractivity contribution in [1.29, 1.82) is 0 Å². The molecule has 10 heteroatoms. The Morgan fingerprint density at radius 1 is 1.20 bits per heavy atom. The van der Waals surface area contributed by atoms with Gasteiger partial charge < -0.3 is 28.8 Å². The van der Waals surface area contributed by atoms with Crippen LogP contribution in [0, 0.1) is 23.2 Å². The number of rotatable bonds is 5. The van der Waals surface area contributed by atoms with Crippen molar-refractivity contribution in [2.75, 3.05) is 13.7 Å². The minimum atomic E-state index is -1.49. The van der Waals surface area contributed by atoms with Crippen LogP contribution >= 0.6 is 0 Å². The fraction of sp³-hybridized carbons (Fsp3) is 0.733. The number of allylic oxidation sites excluding steroid dienone is 2. The van der Waals surface area contributed by atoms with E-state index in [1.165, 1.54) is 7.11 Å². The number of aliphatic hydroxyl groups excluding tert-OH is 1. The minimum Gasteiger partial charge on any atom is -0.456 e. The van der Waals surface area contributed by atoms with Gasteiger partial charge in [-0.25, -0.2) is 4.79 Å². The molecule has 10 nitrogen and oxygen atoms in total. The molecule has 0 aromatic heterocycles. The van der Waals surface area contributed by atoms with E-state index < -0.39 is 51.9 Å². The summed E-state index contributed by atoms with van der Waals surface area (Å²) in [6, 6.07) is 0. The molecule has 6 aliphatic rings. The second-order valence-electron chi connectivity index (χ2n) is 13.2. The van der Waals surface area contributed by atoms with E-state index in [-0.39, 0.29) is 55.7 Å². The van der Waals surface area contributed by atoms with E-state index in [0.29, 0.717) is 30.6 Å². The third-order valence-electron chi connectivity index (χ3n) is 10.6. The summed E-state index contributed by atoms with van der Waals surface area (Å²) in [4.78, 5) is 52.7. The summed E-state index contributed by atoms with van der Waals surface area (Å²) in [6.07, 6.45) is 4.65. The Balaban J connectivity index is 1.41. The molecule has 1 saturated carbocycles. The Bertz CT molecular complexity index is 1250. The third kappa shape index (κ3) is 3.68. The maximum Gasteiger partial charge on any atom is 0.339 e.